The van der Waals surface area contributed by atoms with E-state index < -0.39 is 29.7 Å². The third-order valence-electron chi connectivity index (χ3n) is 6.81. The topological polar surface area (TPSA) is 165 Å². The Morgan fingerprint density at radius 3 is 1.86 bits per heavy atom. The summed E-state index contributed by atoms with van der Waals surface area (Å²) in [6.07, 6.45) is -3.06. The highest BCUT2D eigenvalue weighted by atomic mass is 16.6. The third kappa shape index (κ3) is 7.94. The Morgan fingerprint density at radius 2 is 1.29 bits per heavy atom. The van der Waals surface area contributed by atoms with Crippen LogP contribution in [0.25, 0.3) is 21.9 Å². The van der Waals surface area contributed by atoms with Crippen LogP contribution in [-0.4, -0.2) is 95.3 Å². The van der Waals surface area contributed by atoms with E-state index in [-0.39, 0.29) is 33.0 Å². The minimum Gasteiger partial charge on any atom is -0.479 e. The summed E-state index contributed by atoms with van der Waals surface area (Å²) in [5, 5.41) is 14.2. The quantitative estimate of drug-likeness (QED) is 0.425. The van der Waals surface area contributed by atoms with Gasteiger partial charge < -0.3 is 47.7 Å². The van der Waals surface area contributed by atoms with E-state index in [0.717, 1.165) is 16.3 Å². The van der Waals surface area contributed by atoms with Crippen LogP contribution in [0.2, 0.25) is 0 Å². The summed E-state index contributed by atoms with van der Waals surface area (Å²) < 4.78 is 44.4. The molecule has 0 spiro atoms. The molecule has 2 N–H and O–H groups in total. The van der Waals surface area contributed by atoms with Gasteiger partial charge in [0.1, 0.15) is 16.9 Å². The average Bonchev–Trinajstić information content (AvgIpc) is 3.27. The maximum atomic E-state index is 13.4. The van der Waals surface area contributed by atoms with Crippen LogP contribution in [0.4, 0.5) is 0 Å². The normalized spacial score (nSPS) is 20.6. The van der Waals surface area contributed by atoms with Crippen molar-refractivity contribution in [1.29, 1.82) is 0 Å². The van der Waals surface area contributed by atoms with Crippen LogP contribution < -0.4 is 10.9 Å². The van der Waals surface area contributed by atoms with Crippen molar-refractivity contribution in [2.24, 2.45) is 0 Å². The lowest BCUT2D eigenvalue weighted by atomic mass is 10.0. The molecule has 0 aliphatic carbocycles. The summed E-state index contributed by atoms with van der Waals surface area (Å²) in [5.74, 6) is -1.48. The zero-order chi connectivity index (χ0) is 30.1. The molecule has 13 nitrogen and oxygen atoms in total. The highest BCUT2D eigenvalue weighted by Gasteiger charge is 2.36. The fraction of sp³-hybridized carbons (Fsp3) is 0.552. The Labute approximate surface area is 241 Å². The van der Waals surface area contributed by atoms with Crippen LogP contribution in [0.15, 0.2) is 25.8 Å². The zero-order valence-electron chi connectivity index (χ0n) is 24.0. The molecule has 1 amide bonds. The molecule has 1 aliphatic rings. The van der Waals surface area contributed by atoms with Crippen LogP contribution in [-0.2, 0) is 44.6 Å². The molecule has 1 aromatic carbocycles. The number of amides is 1. The zero-order valence-corrected chi connectivity index (χ0v) is 24.0. The molecule has 1 unspecified atom stereocenters. The maximum Gasteiger partial charge on any atom is 0.336 e. The predicted octanol–water partition coefficient (Wildman–Crippen LogP) is 2.02. The molecular formula is C29H37NO12. The molecule has 13 heteroatoms. The molecule has 1 saturated heterocycles. The van der Waals surface area contributed by atoms with Gasteiger partial charge in [-0.1, -0.05) is 0 Å². The van der Waals surface area contributed by atoms with Gasteiger partial charge in [0, 0.05) is 34.5 Å². The Balaban J connectivity index is 1.51. The smallest absolute Gasteiger partial charge is 0.336 e. The molecule has 1 fully saturated rings. The predicted molar refractivity (Wildman–Crippen MR) is 149 cm³/mol. The van der Waals surface area contributed by atoms with Gasteiger partial charge in [-0.15, -0.1) is 0 Å². The number of nitrogens with one attached hydrogen (secondary N) is 1. The number of fused-ring (bicyclic) bond motifs is 2. The summed E-state index contributed by atoms with van der Waals surface area (Å²) in [4.78, 5) is 37.5. The molecule has 3 aromatic rings. The molecule has 0 bridgehead atoms. The number of aryl methyl sites for hydroxylation is 3. The van der Waals surface area contributed by atoms with E-state index in [2.05, 4.69) is 5.32 Å². The SMILES string of the molecule is Cc1oc2c(C)c3oc(=O)cc(C)c3cc2c1CNC(=O)[C@@H]1OCCOCCOCCOCCOCCOC1C(=O)O. The van der Waals surface area contributed by atoms with Crippen molar-refractivity contribution >= 4 is 33.8 Å². The summed E-state index contributed by atoms with van der Waals surface area (Å²) in [7, 11) is 0. The number of ether oxygens (including phenoxy) is 6. The second kappa shape index (κ2) is 15.2. The first kappa shape index (κ1) is 31.6. The fourth-order valence-corrected chi connectivity index (χ4v) is 4.67. The number of carboxylic acids is 1. The van der Waals surface area contributed by atoms with Crippen molar-refractivity contribution < 1.29 is 52.0 Å². The first-order chi connectivity index (χ1) is 20.3. The molecule has 4 rings (SSSR count). The number of hydrogen-bond donors (Lipinski definition) is 2. The number of carbonyl (C=O) groups is 2. The monoisotopic (exact) mass is 591 g/mol. The van der Waals surface area contributed by atoms with E-state index in [1.54, 1.807) is 13.8 Å². The van der Waals surface area contributed by atoms with E-state index in [1.165, 1.54) is 6.07 Å². The highest BCUT2D eigenvalue weighted by Crippen LogP contribution is 2.34. The van der Waals surface area contributed by atoms with Gasteiger partial charge in [-0.3, -0.25) is 4.79 Å². The number of benzene rings is 1. The molecular weight excluding hydrogens is 554 g/mol. The van der Waals surface area contributed by atoms with Crippen molar-refractivity contribution in [2.45, 2.75) is 39.5 Å². The van der Waals surface area contributed by atoms with Gasteiger partial charge in [0.25, 0.3) is 5.91 Å². The Kier molecular flexibility index (Phi) is 11.5. The lowest BCUT2D eigenvalue weighted by Gasteiger charge is -2.24. The molecule has 42 heavy (non-hydrogen) atoms. The first-order valence-corrected chi connectivity index (χ1v) is 13.8. The maximum absolute atomic E-state index is 13.4. The van der Waals surface area contributed by atoms with Gasteiger partial charge in [-0.05, 0) is 32.4 Å². The molecule has 2 aromatic heterocycles. The Hall–Kier alpha value is -3.33. The van der Waals surface area contributed by atoms with E-state index >= 15 is 0 Å². The van der Waals surface area contributed by atoms with Crippen molar-refractivity contribution in [3.63, 3.8) is 0 Å². The first-order valence-electron chi connectivity index (χ1n) is 13.8. The summed E-state index contributed by atoms with van der Waals surface area (Å²) in [6.45, 7) is 7.64. The van der Waals surface area contributed by atoms with Gasteiger partial charge in [0.15, 0.2) is 12.2 Å². The van der Waals surface area contributed by atoms with E-state index in [0.29, 0.717) is 67.7 Å². The number of hydrogen-bond acceptors (Lipinski definition) is 11. The third-order valence-corrected chi connectivity index (χ3v) is 6.81. The lowest BCUT2D eigenvalue weighted by Crippen LogP contribution is -2.49. The van der Waals surface area contributed by atoms with Crippen molar-refractivity contribution in [3.8, 4) is 0 Å². The van der Waals surface area contributed by atoms with Crippen LogP contribution in [0.5, 0.6) is 0 Å². The van der Waals surface area contributed by atoms with E-state index in [9.17, 15) is 19.5 Å². The summed E-state index contributed by atoms with van der Waals surface area (Å²) >= 11 is 0. The largest absolute Gasteiger partial charge is 0.479 e. The van der Waals surface area contributed by atoms with Crippen molar-refractivity contribution in [2.75, 3.05) is 66.1 Å². The lowest BCUT2D eigenvalue weighted by molar-refractivity contribution is -0.171. The average molecular weight is 592 g/mol. The standard InChI is InChI=1S/C29H37NO12/c1-17-14-23(31)42-24-18(2)25-21(15-20(17)24)22(19(3)41-25)16-30-28(32)26-27(29(33)34)40-13-11-38-9-7-36-5-4-35-6-8-37-10-12-39-26/h14-15,26-27H,4-13,16H2,1-3H3,(H,30,32)(H,33,34)/t26-,27?/m1/s1. The highest BCUT2D eigenvalue weighted by molar-refractivity contribution is 6.00. The van der Waals surface area contributed by atoms with E-state index in [4.69, 9.17) is 37.3 Å². The summed E-state index contributed by atoms with van der Waals surface area (Å²) in [6, 6.07) is 3.27. The molecule has 0 saturated carbocycles. The van der Waals surface area contributed by atoms with Gasteiger partial charge in [-0.2, -0.15) is 0 Å². The molecule has 0 radical (unpaired) electrons. The van der Waals surface area contributed by atoms with Crippen molar-refractivity contribution in [1.82, 2.24) is 5.32 Å². The van der Waals surface area contributed by atoms with Crippen LogP contribution >= 0.6 is 0 Å². The summed E-state index contributed by atoms with van der Waals surface area (Å²) in [5.41, 5.74) is 2.62. The minimum absolute atomic E-state index is 0.0294. The molecule has 2 atom stereocenters. The second-order valence-corrected chi connectivity index (χ2v) is 9.73. The number of carboxylic acid groups (broad SMARTS) is 1. The van der Waals surface area contributed by atoms with Gasteiger partial charge >= 0.3 is 11.6 Å². The minimum atomic E-state index is -1.59. The van der Waals surface area contributed by atoms with Gasteiger partial charge in [-0.25, -0.2) is 9.59 Å². The van der Waals surface area contributed by atoms with Gasteiger partial charge in [0.2, 0.25) is 0 Å². The fourth-order valence-electron chi connectivity index (χ4n) is 4.67. The van der Waals surface area contributed by atoms with Crippen LogP contribution in [0.3, 0.4) is 0 Å². The van der Waals surface area contributed by atoms with Crippen LogP contribution in [0, 0.1) is 20.8 Å². The molecule has 230 valence electrons. The number of aliphatic carboxylic acids is 1. The molecule has 1 aliphatic heterocycles. The van der Waals surface area contributed by atoms with Crippen LogP contribution in [0.1, 0.15) is 22.5 Å². The number of rotatable bonds is 4. The van der Waals surface area contributed by atoms with Gasteiger partial charge in [0.05, 0.1) is 66.1 Å². The Bertz CT molecular complexity index is 1430. The van der Waals surface area contributed by atoms with Crippen molar-refractivity contribution in [3.05, 3.63) is 45.0 Å². The second-order valence-electron chi connectivity index (χ2n) is 9.73. The van der Waals surface area contributed by atoms with E-state index in [1.807, 2.05) is 13.0 Å². The molecule has 3 heterocycles. The Morgan fingerprint density at radius 1 is 0.762 bits per heavy atom. The number of carbonyl (C=O) groups excluding carboxylic acids is 1. The number of furan rings is 1.